The summed E-state index contributed by atoms with van der Waals surface area (Å²) in [6.45, 7) is 0.157. The van der Waals surface area contributed by atoms with Crippen molar-refractivity contribution in [3.05, 3.63) is 88.8 Å². The predicted molar refractivity (Wildman–Crippen MR) is 117 cm³/mol. The van der Waals surface area contributed by atoms with Gasteiger partial charge in [0, 0.05) is 34.4 Å². The van der Waals surface area contributed by atoms with E-state index in [1.165, 1.54) is 4.57 Å². The van der Waals surface area contributed by atoms with Gasteiger partial charge in [-0.15, -0.1) is 0 Å². The number of fused-ring (bicyclic) bond motifs is 2. The molecule has 0 fully saturated rings. The molecule has 0 atom stereocenters. The molecule has 4 aromatic rings. The van der Waals surface area contributed by atoms with E-state index in [4.69, 9.17) is 14.2 Å². The zero-order valence-electron chi connectivity index (χ0n) is 16.6. The van der Waals surface area contributed by atoms with Gasteiger partial charge in [0.15, 0.2) is 11.5 Å². The minimum absolute atomic E-state index is 0.157. The van der Waals surface area contributed by atoms with Gasteiger partial charge in [0.05, 0.1) is 12.7 Å². The molecule has 1 aromatic heterocycles. The van der Waals surface area contributed by atoms with E-state index in [1.54, 1.807) is 80.0 Å². The molecule has 7 heteroatoms. The Morgan fingerprint density at radius 3 is 2.48 bits per heavy atom. The van der Waals surface area contributed by atoms with Gasteiger partial charge in [-0.2, -0.15) is 0 Å². The number of benzene rings is 3. The second-order valence-corrected chi connectivity index (χ2v) is 6.98. The second kappa shape index (κ2) is 7.53. The highest BCUT2D eigenvalue weighted by Gasteiger charge is 2.18. The van der Waals surface area contributed by atoms with Gasteiger partial charge < -0.3 is 19.5 Å². The maximum Gasteiger partial charge on any atom is 0.262 e. The SMILES string of the molecule is COc1ccc(-n2cc(C(=O)Nc3ccc4c(c3)OCO4)c3ccccc3c2=O)cc1. The topological polar surface area (TPSA) is 78.8 Å². The van der Waals surface area contributed by atoms with Crippen LogP contribution in [0.25, 0.3) is 16.5 Å². The number of ether oxygens (including phenoxy) is 3. The maximum absolute atomic E-state index is 13.2. The Morgan fingerprint density at radius 1 is 0.968 bits per heavy atom. The number of anilines is 1. The number of nitrogens with one attached hydrogen (secondary N) is 1. The summed E-state index contributed by atoms with van der Waals surface area (Å²) in [7, 11) is 1.58. The molecule has 0 unspecified atom stereocenters. The summed E-state index contributed by atoms with van der Waals surface area (Å²) in [6.07, 6.45) is 1.56. The number of pyridine rings is 1. The Morgan fingerprint density at radius 2 is 1.71 bits per heavy atom. The Bertz CT molecular complexity index is 1360. The summed E-state index contributed by atoms with van der Waals surface area (Å²) in [4.78, 5) is 26.3. The maximum atomic E-state index is 13.2. The van der Waals surface area contributed by atoms with Crippen molar-refractivity contribution in [3.8, 4) is 22.9 Å². The number of hydrogen-bond donors (Lipinski definition) is 1. The fourth-order valence-corrected chi connectivity index (χ4v) is 3.58. The molecule has 154 valence electrons. The zero-order valence-corrected chi connectivity index (χ0v) is 16.6. The summed E-state index contributed by atoms with van der Waals surface area (Å²) in [5.41, 5.74) is 1.37. The molecular formula is C24H18N2O5. The third-order valence-corrected chi connectivity index (χ3v) is 5.15. The van der Waals surface area contributed by atoms with Crippen LogP contribution in [0, 0.1) is 0 Å². The monoisotopic (exact) mass is 414 g/mol. The second-order valence-electron chi connectivity index (χ2n) is 6.98. The molecule has 0 saturated carbocycles. The van der Waals surface area contributed by atoms with E-state index >= 15 is 0 Å². The largest absolute Gasteiger partial charge is 0.497 e. The summed E-state index contributed by atoms with van der Waals surface area (Å²) < 4.78 is 17.4. The number of nitrogens with zero attached hydrogens (tertiary/aromatic N) is 1. The van der Waals surface area contributed by atoms with Crippen LogP contribution in [-0.2, 0) is 0 Å². The first-order valence-corrected chi connectivity index (χ1v) is 9.64. The van der Waals surface area contributed by atoms with Crippen LogP contribution in [0.4, 0.5) is 5.69 Å². The smallest absolute Gasteiger partial charge is 0.262 e. The standard InChI is InChI=1S/C24H18N2O5/c1-29-17-9-7-16(8-10-17)26-13-20(18-4-2-3-5-19(18)24(26)28)23(27)25-15-6-11-21-22(12-15)31-14-30-21/h2-13H,14H2,1H3,(H,25,27). The normalized spacial score (nSPS) is 12.0. The van der Waals surface area contributed by atoms with E-state index in [9.17, 15) is 9.59 Å². The van der Waals surface area contributed by atoms with Gasteiger partial charge in [-0.05, 0) is 42.5 Å². The van der Waals surface area contributed by atoms with Crippen molar-refractivity contribution in [2.24, 2.45) is 0 Å². The lowest BCUT2D eigenvalue weighted by atomic mass is 10.1. The molecule has 2 heterocycles. The lowest BCUT2D eigenvalue weighted by Crippen LogP contribution is -2.22. The highest BCUT2D eigenvalue weighted by atomic mass is 16.7. The zero-order chi connectivity index (χ0) is 21.4. The molecule has 0 saturated heterocycles. The number of carbonyl (C=O) groups is 1. The molecule has 1 amide bonds. The fourth-order valence-electron chi connectivity index (χ4n) is 3.58. The van der Waals surface area contributed by atoms with Gasteiger partial charge in [0.2, 0.25) is 6.79 Å². The van der Waals surface area contributed by atoms with Gasteiger partial charge in [-0.1, -0.05) is 18.2 Å². The van der Waals surface area contributed by atoms with E-state index in [1.807, 2.05) is 0 Å². The van der Waals surface area contributed by atoms with Crippen LogP contribution in [0.3, 0.4) is 0 Å². The number of carbonyl (C=O) groups excluding carboxylic acids is 1. The van der Waals surface area contributed by atoms with Crippen LogP contribution in [0.1, 0.15) is 10.4 Å². The quantitative estimate of drug-likeness (QED) is 0.547. The van der Waals surface area contributed by atoms with Crippen LogP contribution in [-0.4, -0.2) is 24.4 Å². The Labute approximate surface area is 177 Å². The molecule has 0 aliphatic carbocycles. The van der Waals surface area contributed by atoms with Crippen molar-refractivity contribution in [2.75, 3.05) is 19.2 Å². The van der Waals surface area contributed by atoms with E-state index in [-0.39, 0.29) is 18.3 Å². The van der Waals surface area contributed by atoms with Crippen LogP contribution in [0.2, 0.25) is 0 Å². The number of rotatable bonds is 4. The van der Waals surface area contributed by atoms with E-state index in [0.717, 1.165) is 0 Å². The number of amides is 1. The van der Waals surface area contributed by atoms with Crippen molar-refractivity contribution < 1.29 is 19.0 Å². The molecule has 7 nitrogen and oxygen atoms in total. The van der Waals surface area contributed by atoms with Crippen LogP contribution in [0.15, 0.2) is 77.7 Å². The van der Waals surface area contributed by atoms with Crippen molar-refractivity contribution in [3.63, 3.8) is 0 Å². The Balaban J connectivity index is 1.59. The fraction of sp³-hybridized carbons (Fsp3) is 0.0833. The Kier molecular flexibility index (Phi) is 4.55. The van der Waals surface area contributed by atoms with Crippen LogP contribution >= 0.6 is 0 Å². The molecule has 0 bridgehead atoms. The summed E-state index contributed by atoms with van der Waals surface area (Å²) in [5.74, 6) is 1.55. The van der Waals surface area contributed by atoms with Gasteiger partial charge in [0.1, 0.15) is 5.75 Å². The minimum Gasteiger partial charge on any atom is -0.497 e. The third-order valence-electron chi connectivity index (χ3n) is 5.15. The van der Waals surface area contributed by atoms with E-state index < -0.39 is 0 Å². The van der Waals surface area contributed by atoms with Crippen LogP contribution < -0.4 is 25.1 Å². The number of aromatic nitrogens is 1. The highest BCUT2D eigenvalue weighted by molar-refractivity contribution is 6.12. The summed E-state index contributed by atoms with van der Waals surface area (Å²) >= 11 is 0. The van der Waals surface area contributed by atoms with E-state index in [2.05, 4.69) is 5.32 Å². The average molecular weight is 414 g/mol. The van der Waals surface area contributed by atoms with Gasteiger partial charge in [0.25, 0.3) is 11.5 Å². The molecule has 0 radical (unpaired) electrons. The first-order valence-electron chi connectivity index (χ1n) is 9.64. The van der Waals surface area contributed by atoms with Gasteiger partial charge in [-0.3, -0.25) is 14.2 Å². The summed E-state index contributed by atoms with van der Waals surface area (Å²) in [6, 6.07) is 19.3. The number of hydrogen-bond acceptors (Lipinski definition) is 5. The van der Waals surface area contributed by atoms with Crippen molar-refractivity contribution in [2.45, 2.75) is 0 Å². The van der Waals surface area contributed by atoms with Gasteiger partial charge >= 0.3 is 0 Å². The Hall–Kier alpha value is -4.26. The lowest BCUT2D eigenvalue weighted by Gasteiger charge is -2.13. The van der Waals surface area contributed by atoms with Crippen molar-refractivity contribution in [1.82, 2.24) is 4.57 Å². The van der Waals surface area contributed by atoms with Crippen molar-refractivity contribution >= 4 is 22.4 Å². The predicted octanol–water partition coefficient (Wildman–Crippen LogP) is 3.98. The molecule has 31 heavy (non-hydrogen) atoms. The summed E-state index contributed by atoms with van der Waals surface area (Å²) in [5, 5.41) is 3.92. The van der Waals surface area contributed by atoms with Crippen LogP contribution in [0.5, 0.6) is 17.2 Å². The molecule has 5 rings (SSSR count). The van der Waals surface area contributed by atoms with Crippen molar-refractivity contribution in [1.29, 1.82) is 0 Å². The number of methoxy groups -OCH3 is 1. The minimum atomic E-state index is -0.336. The molecule has 3 aromatic carbocycles. The third kappa shape index (κ3) is 3.36. The first kappa shape index (κ1) is 18.7. The molecule has 0 spiro atoms. The molecular weight excluding hydrogens is 396 g/mol. The lowest BCUT2D eigenvalue weighted by molar-refractivity contribution is 0.102. The molecule has 1 aliphatic rings. The first-order chi connectivity index (χ1) is 15.1. The average Bonchev–Trinajstić information content (AvgIpc) is 3.27. The molecule has 1 N–H and O–H groups in total. The van der Waals surface area contributed by atoms with E-state index in [0.29, 0.717) is 45.0 Å². The van der Waals surface area contributed by atoms with Gasteiger partial charge in [-0.25, -0.2) is 0 Å². The highest BCUT2D eigenvalue weighted by Crippen LogP contribution is 2.34. The molecule has 1 aliphatic heterocycles.